The molecule has 2 unspecified atom stereocenters. The highest BCUT2D eigenvalue weighted by Crippen LogP contribution is 2.39. The second kappa shape index (κ2) is 4.08. The number of nitrogens with zero attached hydrogens (tertiary/aromatic N) is 2. The van der Waals surface area contributed by atoms with Crippen LogP contribution in [0.4, 0.5) is 0 Å². The van der Waals surface area contributed by atoms with Gasteiger partial charge in [0.25, 0.3) is 0 Å². The quantitative estimate of drug-likeness (QED) is 0.829. The number of carbonyl (C=O) groups is 1. The van der Waals surface area contributed by atoms with Crippen LogP contribution in [0, 0.1) is 5.92 Å². The van der Waals surface area contributed by atoms with Gasteiger partial charge in [-0.25, -0.2) is 0 Å². The summed E-state index contributed by atoms with van der Waals surface area (Å²) in [5.41, 5.74) is 1.19. The molecule has 2 rings (SSSR count). The first-order valence-corrected chi connectivity index (χ1v) is 6.18. The number of rotatable bonds is 2. The first-order chi connectivity index (χ1) is 7.15. The van der Waals surface area contributed by atoms with Crippen LogP contribution in [0.5, 0.6) is 0 Å². The fourth-order valence-corrected chi connectivity index (χ4v) is 2.96. The average Bonchev–Trinajstić information content (AvgIpc) is 2.73. The number of carbonyl (C=O) groups excluding carboxylic acids is 1. The Morgan fingerprint density at radius 2 is 2.40 bits per heavy atom. The molecule has 2 atom stereocenters. The Labute approximate surface area is 98.0 Å². The van der Waals surface area contributed by atoms with Crippen LogP contribution in [0.3, 0.4) is 0 Å². The number of hydrogen-bond acceptors (Lipinski definition) is 2. The molecule has 4 heteroatoms. The minimum atomic E-state index is 0.142. The first-order valence-electron chi connectivity index (χ1n) is 5.39. The number of Topliss-reactive ketones (excluding diaryl/α,β-unsaturated/α-hetero) is 1. The molecule has 3 nitrogen and oxygen atoms in total. The fraction of sp³-hybridized carbons (Fsp3) is 0.636. The molecule has 0 radical (unpaired) electrons. The van der Waals surface area contributed by atoms with Gasteiger partial charge in [0.2, 0.25) is 0 Å². The van der Waals surface area contributed by atoms with Gasteiger partial charge in [0.1, 0.15) is 5.78 Å². The molecular weight excluding hydrogens is 256 g/mol. The molecule has 82 valence electrons. The molecule has 1 heterocycles. The molecule has 0 saturated heterocycles. The lowest BCUT2D eigenvalue weighted by molar-refractivity contribution is -0.120. The summed E-state index contributed by atoms with van der Waals surface area (Å²) in [7, 11) is 0. The number of aryl methyl sites for hydroxylation is 1. The van der Waals surface area contributed by atoms with Crippen molar-refractivity contribution in [2.45, 2.75) is 39.2 Å². The van der Waals surface area contributed by atoms with E-state index < -0.39 is 0 Å². The van der Waals surface area contributed by atoms with Crippen molar-refractivity contribution in [1.82, 2.24) is 9.78 Å². The van der Waals surface area contributed by atoms with Crippen molar-refractivity contribution < 1.29 is 4.79 Å². The zero-order valence-electron chi connectivity index (χ0n) is 9.03. The Kier molecular flexibility index (Phi) is 2.96. The predicted molar refractivity (Wildman–Crippen MR) is 61.7 cm³/mol. The highest BCUT2D eigenvalue weighted by atomic mass is 79.9. The van der Waals surface area contributed by atoms with Crippen LogP contribution in [0.1, 0.15) is 38.3 Å². The molecule has 1 aliphatic carbocycles. The molecule has 0 bridgehead atoms. The highest BCUT2D eigenvalue weighted by Gasteiger charge is 2.35. The maximum atomic E-state index is 11.5. The zero-order chi connectivity index (χ0) is 11.0. The summed E-state index contributed by atoms with van der Waals surface area (Å²) in [5, 5.41) is 4.30. The van der Waals surface area contributed by atoms with E-state index in [1.165, 1.54) is 5.69 Å². The Morgan fingerprint density at radius 1 is 1.67 bits per heavy atom. The lowest BCUT2D eigenvalue weighted by Crippen LogP contribution is -2.14. The normalized spacial score (nSPS) is 26.2. The second-order valence-corrected chi connectivity index (χ2v) is 4.95. The van der Waals surface area contributed by atoms with Gasteiger partial charge in [-0.1, -0.05) is 6.92 Å². The number of hydrogen-bond donors (Lipinski definition) is 0. The molecule has 0 N–H and O–H groups in total. The Bertz CT molecular complexity index is 386. The van der Waals surface area contributed by atoms with Gasteiger partial charge < -0.3 is 0 Å². The summed E-state index contributed by atoms with van der Waals surface area (Å²) in [4.78, 5) is 11.5. The second-order valence-electron chi connectivity index (χ2n) is 4.09. The van der Waals surface area contributed by atoms with Crippen molar-refractivity contribution in [3.8, 4) is 0 Å². The smallest absolute Gasteiger partial charge is 0.136 e. The van der Waals surface area contributed by atoms with E-state index in [4.69, 9.17) is 0 Å². The summed E-state index contributed by atoms with van der Waals surface area (Å²) < 4.78 is 3.03. The fourth-order valence-electron chi connectivity index (χ4n) is 2.37. The van der Waals surface area contributed by atoms with E-state index >= 15 is 0 Å². The summed E-state index contributed by atoms with van der Waals surface area (Å²) >= 11 is 3.52. The van der Waals surface area contributed by atoms with E-state index in [0.29, 0.717) is 18.1 Å². The third kappa shape index (κ3) is 1.75. The maximum Gasteiger partial charge on any atom is 0.136 e. The SMILES string of the molecule is CCn1ncc(Br)c1C1CCC(=O)C1C. The van der Waals surface area contributed by atoms with Crippen LogP contribution in [-0.4, -0.2) is 15.6 Å². The van der Waals surface area contributed by atoms with E-state index in [0.717, 1.165) is 17.4 Å². The molecule has 0 aliphatic heterocycles. The molecule has 1 aliphatic rings. The van der Waals surface area contributed by atoms with Gasteiger partial charge in [-0.2, -0.15) is 5.10 Å². The highest BCUT2D eigenvalue weighted by molar-refractivity contribution is 9.10. The van der Waals surface area contributed by atoms with Gasteiger partial charge in [0, 0.05) is 24.8 Å². The van der Waals surface area contributed by atoms with E-state index in [9.17, 15) is 4.79 Å². The van der Waals surface area contributed by atoms with Gasteiger partial charge >= 0.3 is 0 Å². The molecule has 0 spiro atoms. The zero-order valence-corrected chi connectivity index (χ0v) is 10.6. The first kappa shape index (κ1) is 10.9. The summed E-state index contributed by atoms with van der Waals surface area (Å²) in [6, 6.07) is 0. The standard InChI is InChI=1S/C11H15BrN2O/c1-3-14-11(9(12)6-13-14)8-4-5-10(15)7(8)2/h6-8H,3-5H2,1-2H3. The van der Waals surface area contributed by atoms with Gasteiger partial charge in [0.05, 0.1) is 16.4 Å². The van der Waals surface area contributed by atoms with Crippen LogP contribution in [0.2, 0.25) is 0 Å². The Balaban J connectivity index is 2.36. The lowest BCUT2D eigenvalue weighted by Gasteiger charge is -2.16. The van der Waals surface area contributed by atoms with E-state index in [1.807, 2.05) is 17.8 Å². The number of halogens is 1. The topological polar surface area (TPSA) is 34.9 Å². The van der Waals surface area contributed by atoms with E-state index in [-0.39, 0.29) is 5.92 Å². The van der Waals surface area contributed by atoms with Crippen molar-refractivity contribution in [3.63, 3.8) is 0 Å². The monoisotopic (exact) mass is 270 g/mol. The van der Waals surface area contributed by atoms with Gasteiger partial charge in [-0.05, 0) is 29.3 Å². The Morgan fingerprint density at radius 3 is 2.93 bits per heavy atom. The van der Waals surface area contributed by atoms with Gasteiger partial charge in [-0.15, -0.1) is 0 Å². The van der Waals surface area contributed by atoms with Crippen LogP contribution in [0.25, 0.3) is 0 Å². The van der Waals surface area contributed by atoms with Crippen molar-refractivity contribution in [2.24, 2.45) is 5.92 Å². The maximum absolute atomic E-state index is 11.5. The van der Waals surface area contributed by atoms with Crippen LogP contribution < -0.4 is 0 Å². The van der Waals surface area contributed by atoms with Crippen LogP contribution in [-0.2, 0) is 11.3 Å². The van der Waals surface area contributed by atoms with E-state index in [1.54, 1.807) is 0 Å². The van der Waals surface area contributed by atoms with Gasteiger partial charge in [-0.3, -0.25) is 9.48 Å². The number of ketones is 1. The largest absolute Gasteiger partial charge is 0.299 e. The third-order valence-electron chi connectivity index (χ3n) is 3.30. The molecule has 1 aromatic rings. The summed E-state index contributed by atoms with van der Waals surface area (Å²) in [6.07, 6.45) is 3.51. The Hall–Kier alpha value is -0.640. The molecule has 1 saturated carbocycles. The molecule has 1 fully saturated rings. The predicted octanol–water partition coefficient (Wildman–Crippen LogP) is 2.75. The minimum absolute atomic E-state index is 0.142. The number of aromatic nitrogens is 2. The van der Waals surface area contributed by atoms with Crippen molar-refractivity contribution in [3.05, 3.63) is 16.4 Å². The molecule has 1 aromatic heterocycles. The lowest BCUT2D eigenvalue weighted by atomic mass is 9.94. The van der Waals surface area contributed by atoms with Crippen molar-refractivity contribution >= 4 is 21.7 Å². The van der Waals surface area contributed by atoms with Crippen LogP contribution in [0.15, 0.2) is 10.7 Å². The molecular formula is C11H15BrN2O. The van der Waals surface area contributed by atoms with Crippen molar-refractivity contribution in [2.75, 3.05) is 0 Å². The van der Waals surface area contributed by atoms with Gasteiger partial charge in [0.15, 0.2) is 0 Å². The minimum Gasteiger partial charge on any atom is -0.299 e. The molecule has 0 aromatic carbocycles. The summed E-state index contributed by atoms with van der Waals surface area (Å²) in [6.45, 7) is 4.96. The average molecular weight is 271 g/mol. The third-order valence-corrected chi connectivity index (χ3v) is 3.91. The van der Waals surface area contributed by atoms with E-state index in [2.05, 4.69) is 28.0 Å². The molecule has 15 heavy (non-hydrogen) atoms. The van der Waals surface area contributed by atoms with Crippen LogP contribution >= 0.6 is 15.9 Å². The summed E-state index contributed by atoms with van der Waals surface area (Å²) in [5.74, 6) is 0.869. The van der Waals surface area contributed by atoms with Crippen molar-refractivity contribution in [1.29, 1.82) is 0 Å². The molecule has 0 amide bonds.